The Bertz CT molecular complexity index is 633. The molecule has 20 heavy (non-hydrogen) atoms. The van der Waals surface area contributed by atoms with E-state index < -0.39 is 0 Å². The van der Waals surface area contributed by atoms with Crippen LogP contribution in [0.1, 0.15) is 31.8 Å². The molecule has 0 heterocycles. The highest BCUT2D eigenvalue weighted by atomic mass is 16.2. The average Bonchev–Trinajstić information content (AvgIpc) is 2.45. The quantitative estimate of drug-likeness (QED) is 0.866. The van der Waals surface area contributed by atoms with Crippen LogP contribution >= 0.6 is 0 Å². The van der Waals surface area contributed by atoms with E-state index in [9.17, 15) is 9.59 Å². The molecular formula is C17H17NO2. The summed E-state index contributed by atoms with van der Waals surface area (Å²) in [7, 11) is 0. The highest BCUT2D eigenvalue weighted by molar-refractivity contribution is 6.02. The number of carbonyl (C=O) groups is 2. The van der Waals surface area contributed by atoms with Crippen molar-refractivity contribution in [3.05, 3.63) is 70.8 Å². The second-order valence-electron chi connectivity index (χ2n) is 4.79. The molecule has 0 atom stereocenters. The van der Waals surface area contributed by atoms with Crippen LogP contribution in [-0.2, 0) is 0 Å². The molecule has 0 radical (unpaired) electrons. The van der Waals surface area contributed by atoms with Crippen molar-refractivity contribution in [1.29, 1.82) is 0 Å². The fourth-order valence-corrected chi connectivity index (χ4v) is 2.05. The molecule has 0 aromatic heterocycles. The molecule has 3 nitrogen and oxygen atoms in total. The maximum absolute atomic E-state index is 12.0. The number of aryl methyl sites for hydroxylation is 2. The molecule has 2 rings (SSSR count). The van der Waals surface area contributed by atoms with Crippen LogP contribution in [0.2, 0.25) is 0 Å². The van der Waals surface area contributed by atoms with Crippen molar-refractivity contribution in [3.63, 3.8) is 0 Å². The largest absolute Gasteiger partial charge is 0.345 e. The summed E-state index contributed by atoms with van der Waals surface area (Å²) in [5.41, 5.74) is 3.24. The van der Waals surface area contributed by atoms with E-state index in [0.717, 1.165) is 11.1 Å². The van der Waals surface area contributed by atoms with Crippen LogP contribution in [0.15, 0.2) is 48.5 Å². The third kappa shape index (κ3) is 3.32. The predicted molar refractivity (Wildman–Crippen MR) is 79.0 cm³/mol. The van der Waals surface area contributed by atoms with E-state index in [0.29, 0.717) is 11.1 Å². The maximum Gasteiger partial charge on any atom is 0.251 e. The predicted octanol–water partition coefficient (Wildman–Crippen LogP) is 2.92. The topological polar surface area (TPSA) is 46.2 Å². The molecule has 1 N–H and O–H groups in total. The second-order valence-corrected chi connectivity index (χ2v) is 4.79. The molecule has 2 aromatic carbocycles. The van der Waals surface area contributed by atoms with Gasteiger partial charge in [-0.15, -0.1) is 0 Å². The summed E-state index contributed by atoms with van der Waals surface area (Å²) in [5.74, 6) is -0.310. The molecule has 0 bridgehead atoms. The van der Waals surface area contributed by atoms with E-state index in [4.69, 9.17) is 0 Å². The van der Waals surface area contributed by atoms with Crippen molar-refractivity contribution in [2.75, 3.05) is 6.54 Å². The standard InChI is InChI=1S/C17H17NO2/c1-12-8-9-15(13(2)10-12)17(20)18-11-16(19)14-6-4-3-5-7-14/h3-10H,11H2,1-2H3,(H,18,20). The third-order valence-corrected chi connectivity index (χ3v) is 3.13. The summed E-state index contributed by atoms with van der Waals surface area (Å²) in [4.78, 5) is 24.0. The van der Waals surface area contributed by atoms with Gasteiger partial charge in [0.05, 0.1) is 6.54 Å². The number of carbonyl (C=O) groups excluding carboxylic acids is 2. The minimum absolute atomic E-state index is 0.0101. The molecule has 0 fully saturated rings. The number of benzene rings is 2. The summed E-state index contributed by atoms with van der Waals surface area (Å²) in [6.45, 7) is 3.88. The Kier molecular flexibility index (Phi) is 4.31. The lowest BCUT2D eigenvalue weighted by Crippen LogP contribution is -2.30. The van der Waals surface area contributed by atoms with Gasteiger partial charge in [0.25, 0.3) is 5.91 Å². The third-order valence-electron chi connectivity index (χ3n) is 3.13. The van der Waals surface area contributed by atoms with Crippen LogP contribution in [0.3, 0.4) is 0 Å². The zero-order chi connectivity index (χ0) is 14.5. The molecule has 0 spiro atoms. The Labute approximate surface area is 118 Å². The monoisotopic (exact) mass is 267 g/mol. The summed E-state index contributed by atoms with van der Waals surface area (Å²) >= 11 is 0. The van der Waals surface area contributed by atoms with Crippen LogP contribution in [0.5, 0.6) is 0 Å². The Morgan fingerprint density at radius 2 is 1.70 bits per heavy atom. The lowest BCUT2D eigenvalue weighted by atomic mass is 10.1. The highest BCUT2D eigenvalue weighted by Crippen LogP contribution is 2.10. The summed E-state index contributed by atoms with van der Waals surface area (Å²) < 4.78 is 0. The molecule has 102 valence electrons. The molecule has 3 heteroatoms. The first-order chi connectivity index (χ1) is 9.58. The summed E-state index contributed by atoms with van der Waals surface area (Å²) in [5, 5.41) is 2.67. The van der Waals surface area contributed by atoms with Gasteiger partial charge in [-0.25, -0.2) is 0 Å². The first kappa shape index (κ1) is 14.0. The summed E-state index contributed by atoms with van der Waals surface area (Å²) in [6.07, 6.45) is 0. The van der Waals surface area contributed by atoms with Gasteiger partial charge in [-0.1, -0.05) is 48.0 Å². The maximum atomic E-state index is 12.0. The van der Waals surface area contributed by atoms with Crippen LogP contribution in [0.4, 0.5) is 0 Å². The molecule has 0 aliphatic rings. The SMILES string of the molecule is Cc1ccc(C(=O)NCC(=O)c2ccccc2)c(C)c1. The van der Waals surface area contributed by atoms with Gasteiger partial charge in [-0.2, -0.15) is 0 Å². The van der Waals surface area contributed by atoms with Crippen molar-refractivity contribution in [1.82, 2.24) is 5.32 Å². The van der Waals surface area contributed by atoms with E-state index in [2.05, 4.69) is 5.32 Å². The van der Waals surface area contributed by atoms with Crippen molar-refractivity contribution < 1.29 is 9.59 Å². The van der Waals surface area contributed by atoms with E-state index in [-0.39, 0.29) is 18.2 Å². The van der Waals surface area contributed by atoms with Crippen molar-refractivity contribution in [3.8, 4) is 0 Å². The molecule has 0 aliphatic heterocycles. The van der Waals surface area contributed by atoms with Gasteiger partial charge in [0.1, 0.15) is 0 Å². The van der Waals surface area contributed by atoms with Gasteiger partial charge in [-0.05, 0) is 25.5 Å². The number of amides is 1. The van der Waals surface area contributed by atoms with Crippen molar-refractivity contribution >= 4 is 11.7 Å². The van der Waals surface area contributed by atoms with Crippen LogP contribution < -0.4 is 5.32 Å². The number of ketones is 1. The lowest BCUT2D eigenvalue weighted by molar-refractivity contribution is 0.0903. The minimum atomic E-state index is -0.216. The smallest absolute Gasteiger partial charge is 0.251 e. The minimum Gasteiger partial charge on any atom is -0.345 e. The van der Waals surface area contributed by atoms with Gasteiger partial charge in [0.15, 0.2) is 5.78 Å². The van der Waals surface area contributed by atoms with Crippen molar-refractivity contribution in [2.45, 2.75) is 13.8 Å². The van der Waals surface area contributed by atoms with Crippen LogP contribution in [0, 0.1) is 13.8 Å². The van der Waals surface area contributed by atoms with E-state index in [1.165, 1.54) is 0 Å². The second kappa shape index (κ2) is 6.15. The van der Waals surface area contributed by atoms with Gasteiger partial charge in [0, 0.05) is 11.1 Å². The fraction of sp³-hybridized carbons (Fsp3) is 0.176. The zero-order valence-corrected chi connectivity index (χ0v) is 11.6. The fourth-order valence-electron chi connectivity index (χ4n) is 2.05. The Hall–Kier alpha value is -2.42. The Balaban J connectivity index is 2.00. The number of rotatable bonds is 4. The average molecular weight is 267 g/mol. The molecule has 0 saturated carbocycles. The van der Waals surface area contributed by atoms with E-state index in [1.54, 1.807) is 30.3 Å². The van der Waals surface area contributed by atoms with Gasteiger partial charge in [-0.3, -0.25) is 9.59 Å². The molecule has 0 aliphatic carbocycles. The van der Waals surface area contributed by atoms with E-state index in [1.807, 2.05) is 32.0 Å². The first-order valence-corrected chi connectivity index (χ1v) is 6.51. The lowest BCUT2D eigenvalue weighted by Gasteiger charge is -2.08. The number of hydrogen-bond acceptors (Lipinski definition) is 2. The number of nitrogens with one attached hydrogen (secondary N) is 1. The Morgan fingerprint density at radius 3 is 2.35 bits per heavy atom. The molecule has 1 amide bonds. The molecule has 2 aromatic rings. The van der Waals surface area contributed by atoms with Crippen molar-refractivity contribution in [2.24, 2.45) is 0 Å². The highest BCUT2D eigenvalue weighted by Gasteiger charge is 2.11. The van der Waals surface area contributed by atoms with Gasteiger partial charge < -0.3 is 5.32 Å². The van der Waals surface area contributed by atoms with Gasteiger partial charge >= 0.3 is 0 Å². The first-order valence-electron chi connectivity index (χ1n) is 6.51. The van der Waals surface area contributed by atoms with Crippen LogP contribution in [-0.4, -0.2) is 18.2 Å². The van der Waals surface area contributed by atoms with Crippen LogP contribution in [0.25, 0.3) is 0 Å². The number of hydrogen-bond donors (Lipinski definition) is 1. The summed E-state index contributed by atoms with van der Waals surface area (Å²) in [6, 6.07) is 14.6. The van der Waals surface area contributed by atoms with E-state index >= 15 is 0 Å². The molecule has 0 saturated heterocycles. The molecule has 0 unspecified atom stereocenters. The normalized spacial score (nSPS) is 10.1. The zero-order valence-electron chi connectivity index (χ0n) is 11.6. The molecular weight excluding hydrogens is 250 g/mol. The Morgan fingerprint density at radius 1 is 1.00 bits per heavy atom. The van der Waals surface area contributed by atoms with Gasteiger partial charge in [0.2, 0.25) is 0 Å². The number of Topliss-reactive ketones (excluding diaryl/α,β-unsaturated/α-hetero) is 1.